The van der Waals surface area contributed by atoms with E-state index in [2.05, 4.69) is 111 Å². The summed E-state index contributed by atoms with van der Waals surface area (Å²) in [6, 6.07) is 34.7. The molecule has 1 nitrogen and oxygen atoms in total. The highest BCUT2D eigenvalue weighted by Gasteiger charge is 2.19. The fourth-order valence-corrected chi connectivity index (χ4v) is 4.60. The van der Waals surface area contributed by atoms with Crippen LogP contribution in [0.5, 0.6) is 5.75 Å². The molecule has 0 aliphatic rings. The van der Waals surface area contributed by atoms with E-state index in [9.17, 15) is 0 Å². The third-order valence-corrected chi connectivity index (χ3v) is 6.32. The van der Waals surface area contributed by atoms with Gasteiger partial charge >= 0.3 is 0 Å². The Morgan fingerprint density at radius 2 is 1.12 bits per heavy atom. The number of benzene rings is 5. The van der Waals surface area contributed by atoms with Crippen LogP contribution < -0.4 is 4.74 Å². The first kappa shape index (κ1) is 21.0. The molecule has 5 rings (SSSR count). The van der Waals surface area contributed by atoms with Gasteiger partial charge in [0.25, 0.3) is 0 Å². The quantitative estimate of drug-likeness (QED) is 0.200. The summed E-state index contributed by atoms with van der Waals surface area (Å²) < 4.78 is 6.21. The lowest BCUT2D eigenvalue weighted by molar-refractivity contribution is 0.161. The topological polar surface area (TPSA) is 9.23 Å². The van der Waals surface area contributed by atoms with E-state index < -0.39 is 5.60 Å². The van der Waals surface area contributed by atoms with E-state index in [0.717, 1.165) is 11.3 Å². The minimum atomic E-state index is -0.414. The third kappa shape index (κ3) is 3.81. The van der Waals surface area contributed by atoms with Gasteiger partial charge in [0, 0.05) is 0 Å². The van der Waals surface area contributed by atoms with Gasteiger partial charge < -0.3 is 4.74 Å². The summed E-state index contributed by atoms with van der Waals surface area (Å²) in [5.74, 6) is 0.887. The summed E-state index contributed by atoms with van der Waals surface area (Å²) in [5, 5.41) is 5.05. The predicted molar refractivity (Wildman–Crippen MR) is 142 cm³/mol. The molecule has 0 aromatic heterocycles. The fraction of sp³-hybridized carbons (Fsp3) is 0.125. The number of rotatable bonds is 5. The summed E-state index contributed by atoms with van der Waals surface area (Å²) in [6.07, 6.45) is 1.84. The zero-order valence-corrected chi connectivity index (χ0v) is 19.4. The van der Waals surface area contributed by atoms with Crippen LogP contribution in [0.2, 0.25) is 0 Å². The average Bonchev–Trinajstić information content (AvgIpc) is 2.84. The molecule has 1 heteroatoms. The maximum absolute atomic E-state index is 6.21. The Kier molecular flexibility index (Phi) is 5.26. The Labute approximate surface area is 196 Å². The molecule has 0 saturated heterocycles. The van der Waals surface area contributed by atoms with Gasteiger partial charge in [-0.25, -0.2) is 0 Å². The molecule has 0 heterocycles. The van der Waals surface area contributed by atoms with Crippen LogP contribution in [0.1, 0.15) is 19.4 Å². The van der Waals surface area contributed by atoms with Gasteiger partial charge in [0.15, 0.2) is 0 Å². The van der Waals surface area contributed by atoms with Gasteiger partial charge in [-0.05, 0) is 88.3 Å². The second-order valence-electron chi connectivity index (χ2n) is 9.10. The molecule has 5 aromatic rings. The highest BCUT2D eigenvalue weighted by Crippen LogP contribution is 2.44. The van der Waals surface area contributed by atoms with E-state index in [0.29, 0.717) is 0 Å². The van der Waals surface area contributed by atoms with Crippen molar-refractivity contribution in [1.82, 2.24) is 0 Å². The van der Waals surface area contributed by atoms with Gasteiger partial charge in [0.1, 0.15) is 11.4 Å². The largest absolute Gasteiger partial charge is 0.484 e. The molecular formula is C32H28O. The molecule has 0 N–H and O–H groups in total. The monoisotopic (exact) mass is 428 g/mol. The van der Waals surface area contributed by atoms with Crippen LogP contribution in [0.3, 0.4) is 0 Å². The molecular weight excluding hydrogens is 400 g/mol. The molecule has 0 aliphatic heterocycles. The van der Waals surface area contributed by atoms with Gasteiger partial charge in [-0.15, -0.1) is 0 Å². The molecule has 0 fully saturated rings. The van der Waals surface area contributed by atoms with Crippen molar-refractivity contribution < 1.29 is 4.74 Å². The summed E-state index contributed by atoms with van der Waals surface area (Å²) in [4.78, 5) is 0. The van der Waals surface area contributed by atoms with E-state index in [4.69, 9.17) is 4.74 Å². The molecule has 0 atom stereocenters. The van der Waals surface area contributed by atoms with Crippen LogP contribution in [-0.4, -0.2) is 5.60 Å². The second-order valence-corrected chi connectivity index (χ2v) is 9.10. The first-order valence-electron chi connectivity index (χ1n) is 11.4. The van der Waals surface area contributed by atoms with Crippen LogP contribution in [0, 0.1) is 6.92 Å². The highest BCUT2D eigenvalue weighted by atomic mass is 16.5. The molecule has 0 aliphatic carbocycles. The maximum Gasteiger partial charge on any atom is 0.123 e. The zero-order valence-electron chi connectivity index (χ0n) is 19.4. The number of hydrogen-bond acceptors (Lipinski definition) is 1. The minimum Gasteiger partial charge on any atom is -0.484 e. The normalized spacial score (nSPS) is 11.6. The van der Waals surface area contributed by atoms with E-state index in [-0.39, 0.29) is 0 Å². The number of fused-ring (bicyclic) bond motifs is 2. The van der Waals surface area contributed by atoms with Gasteiger partial charge in [-0.2, -0.15) is 0 Å². The van der Waals surface area contributed by atoms with E-state index in [1.165, 1.54) is 43.8 Å². The van der Waals surface area contributed by atoms with Crippen LogP contribution in [-0.2, 0) is 0 Å². The molecule has 162 valence electrons. The van der Waals surface area contributed by atoms with E-state index >= 15 is 0 Å². The molecule has 0 radical (unpaired) electrons. The summed E-state index contributed by atoms with van der Waals surface area (Å²) in [5.41, 5.74) is 5.69. The van der Waals surface area contributed by atoms with Crippen molar-refractivity contribution in [2.45, 2.75) is 26.4 Å². The summed E-state index contributed by atoms with van der Waals surface area (Å²) >= 11 is 0. The van der Waals surface area contributed by atoms with Crippen molar-refractivity contribution in [2.24, 2.45) is 0 Å². The standard InChI is InChI=1S/C32H28O/c1-5-32(3,4)33-29-20-19-24(21-22(29)2)31-27-17-11-9-15-25(27)30(23-13-7-6-8-14-23)26-16-10-12-18-28(26)31/h5-21H,1H2,2-4H3. The SMILES string of the molecule is C=CC(C)(C)Oc1ccc(-c2c3ccccc3c(-c3ccccc3)c3ccccc23)cc1C. The Morgan fingerprint density at radius 1 is 0.636 bits per heavy atom. The highest BCUT2D eigenvalue weighted by molar-refractivity contribution is 6.21. The van der Waals surface area contributed by atoms with E-state index in [1.54, 1.807) is 0 Å². The van der Waals surface area contributed by atoms with Crippen molar-refractivity contribution in [2.75, 3.05) is 0 Å². The minimum absolute atomic E-state index is 0.414. The molecule has 0 amide bonds. The lowest BCUT2D eigenvalue weighted by Gasteiger charge is -2.24. The molecule has 0 saturated carbocycles. The first-order chi connectivity index (χ1) is 16.0. The number of aryl methyl sites for hydroxylation is 1. The lowest BCUT2D eigenvalue weighted by atomic mass is 9.86. The predicted octanol–water partition coefficient (Wildman–Crippen LogP) is 8.98. The van der Waals surface area contributed by atoms with Crippen molar-refractivity contribution in [3.63, 3.8) is 0 Å². The third-order valence-electron chi connectivity index (χ3n) is 6.32. The zero-order chi connectivity index (χ0) is 23.0. The fourth-order valence-electron chi connectivity index (χ4n) is 4.60. The van der Waals surface area contributed by atoms with Gasteiger partial charge in [-0.1, -0.05) is 91.5 Å². The van der Waals surface area contributed by atoms with Crippen LogP contribution in [0.15, 0.2) is 110 Å². The van der Waals surface area contributed by atoms with Crippen molar-refractivity contribution >= 4 is 21.5 Å². The van der Waals surface area contributed by atoms with Crippen LogP contribution >= 0.6 is 0 Å². The smallest absolute Gasteiger partial charge is 0.123 e. The first-order valence-corrected chi connectivity index (χ1v) is 11.4. The Hall–Kier alpha value is -3.84. The Balaban J connectivity index is 1.80. The molecule has 0 unspecified atom stereocenters. The number of hydrogen-bond donors (Lipinski definition) is 0. The van der Waals surface area contributed by atoms with Crippen LogP contribution in [0.25, 0.3) is 43.8 Å². The van der Waals surface area contributed by atoms with Gasteiger partial charge in [0.2, 0.25) is 0 Å². The molecule has 0 spiro atoms. The maximum atomic E-state index is 6.21. The Morgan fingerprint density at radius 3 is 1.61 bits per heavy atom. The van der Waals surface area contributed by atoms with Crippen molar-refractivity contribution in [1.29, 1.82) is 0 Å². The molecule has 33 heavy (non-hydrogen) atoms. The molecule has 0 bridgehead atoms. The van der Waals surface area contributed by atoms with Crippen LogP contribution in [0.4, 0.5) is 0 Å². The second kappa shape index (κ2) is 8.26. The summed E-state index contributed by atoms with van der Waals surface area (Å²) in [6.45, 7) is 10.1. The van der Waals surface area contributed by atoms with Gasteiger partial charge in [0.05, 0.1) is 0 Å². The van der Waals surface area contributed by atoms with Gasteiger partial charge in [-0.3, -0.25) is 0 Å². The Bertz CT molecular complexity index is 1420. The van der Waals surface area contributed by atoms with Crippen molar-refractivity contribution in [3.8, 4) is 28.0 Å². The van der Waals surface area contributed by atoms with E-state index in [1.807, 2.05) is 19.9 Å². The lowest BCUT2D eigenvalue weighted by Crippen LogP contribution is -2.25. The summed E-state index contributed by atoms with van der Waals surface area (Å²) in [7, 11) is 0. The number of ether oxygens (including phenoxy) is 1. The van der Waals surface area contributed by atoms with Crippen molar-refractivity contribution in [3.05, 3.63) is 115 Å². The molecule has 5 aromatic carbocycles. The average molecular weight is 429 g/mol.